The van der Waals surface area contributed by atoms with Gasteiger partial charge in [0.1, 0.15) is 0 Å². The van der Waals surface area contributed by atoms with E-state index in [0.29, 0.717) is 11.1 Å². The molecule has 0 atom stereocenters. The molecule has 0 saturated carbocycles. The summed E-state index contributed by atoms with van der Waals surface area (Å²) in [5, 5.41) is 3.34. The van der Waals surface area contributed by atoms with Gasteiger partial charge in [0.15, 0.2) is 0 Å². The van der Waals surface area contributed by atoms with Gasteiger partial charge in [-0.05, 0) is 248 Å². The van der Waals surface area contributed by atoms with E-state index in [9.17, 15) is 14.4 Å². The van der Waals surface area contributed by atoms with Crippen LogP contribution < -0.4 is 5.32 Å². The quantitative estimate of drug-likeness (QED) is 0.0543. The standard InChI is InChI=1S/C26H36N4O.C21H26N2O2.C13H19BrN2.C8H7IO2.C6H14N2.C3H6I.C3H7.6C2H6.2CH4.3CH3.Al.3HI.2V/c1-27-13-3-15-29(19-17-27)21-22-5-7-23(8-6-22)24-9-11-25(12-10-24)26(31)30-16-4-14-28(2)18-20-30;1-22-12-3-13-23(15-14-22)16-17-4-6-18(7-5-17)19-8-10-20(11-9-19)21(24)25-2;1-15-7-2-8-16(10-9-15)11-12-3-5-13(14)6-4-12;1-11-8(10)6-2-4-7(9)5-3-6;1-8-5-2-3-7-4-6-8;1-2-3-4;1-3-2;6*1-2;;;;;;;;;;;/h5-12H,3-4,13-21H2,1-2H3;4-11H,3,12-16H2,1-2H3;3-6H,2,7-11H2,1H3;2-5H,1H3;7H,2-6H2,1H3;3H,2H2,1H3;1,3H2,2H3;6*1-2H3;2*1H4;3*1H3;;3*1H;;/q;;;;;2*-1;;;;;;;;;;;;;;;;;+3/p-3. The van der Waals surface area contributed by atoms with E-state index in [1.807, 2.05) is 143 Å². The van der Waals surface area contributed by atoms with E-state index in [1.165, 1.54) is 141 Å². The van der Waals surface area contributed by atoms with E-state index in [2.05, 4.69) is 326 Å². The number of carbonyl (C=O) groups is 3. The number of ether oxygens (including phenoxy) is 2. The summed E-state index contributed by atoms with van der Waals surface area (Å²) in [6, 6.07) is 49.2. The zero-order chi connectivity index (χ0) is 90.0. The van der Waals surface area contributed by atoms with Gasteiger partial charge >= 0.3 is 76.8 Å². The molecule has 6 aromatic rings. The minimum atomic E-state index is -0.301. The van der Waals surface area contributed by atoms with Gasteiger partial charge in [-0.25, -0.2) is 9.59 Å². The molecule has 693 valence electrons. The van der Waals surface area contributed by atoms with Gasteiger partial charge in [-0.3, -0.25) is 23.9 Å². The fraction of sp³-hybridized carbons (Fsp3) is 0.577. The molecule has 0 unspecified atom stereocenters. The first-order chi connectivity index (χ1) is 56.9. The number of methoxy groups -OCH3 is 2. The van der Waals surface area contributed by atoms with Gasteiger partial charge in [-0.2, -0.15) is 12.8 Å². The number of nitrogens with zero attached hydrogens (tertiary/aromatic N) is 9. The second kappa shape index (κ2) is 91.1. The average molecular weight is 2400 g/mol. The molecule has 0 spiro atoms. The Morgan fingerprint density at radius 1 is 0.421 bits per heavy atom. The molecule has 1 N–H and O–H groups in total. The third-order valence-electron chi connectivity index (χ3n) is 17.6. The van der Waals surface area contributed by atoms with Crippen LogP contribution in [0.3, 0.4) is 0 Å². The van der Waals surface area contributed by atoms with Crippen LogP contribution in [0.5, 0.6) is 0 Å². The molecule has 15 nitrogen and oxygen atoms in total. The van der Waals surface area contributed by atoms with Crippen molar-refractivity contribution in [2.75, 3.05) is 180 Å². The van der Waals surface area contributed by atoms with Gasteiger partial charge in [-0.1, -0.05) is 213 Å². The van der Waals surface area contributed by atoms with Crippen LogP contribution in [0.1, 0.15) is 204 Å². The Balaban J connectivity index is -0.000000259. The van der Waals surface area contributed by atoms with Crippen molar-refractivity contribution in [1.29, 1.82) is 0 Å². The predicted octanol–water partition coefficient (Wildman–Crippen LogP) is 25.8. The normalized spacial score (nSPS) is 14.8. The monoisotopic (exact) mass is 2400 g/mol. The first-order valence-electron chi connectivity index (χ1n) is 43.5. The summed E-state index contributed by atoms with van der Waals surface area (Å²) in [6.07, 6.45) is 8.29. The second-order valence-corrected chi connectivity index (χ2v) is 69.7. The summed E-state index contributed by atoms with van der Waals surface area (Å²) >= 11 is 15.1. The number of nitrogens with one attached hydrogen (secondary N) is 1. The van der Waals surface area contributed by atoms with Crippen molar-refractivity contribution >= 4 is 153 Å². The van der Waals surface area contributed by atoms with Crippen LogP contribution in [0.2, 0.25) is 17.4 Å². The number of hydrogen-bond acceptors (Lipinski definition) is 14. The Hall–Kier alpha value is -0.799. The summed E-state index contributed by atoms with van der Waals surface area (Å²) in [4.78, 5) is 56.5. The molecule has 5 aliphatic heterocycles. The van der Waals surface area contributed by atoms with Crippen molar-refractivity contribution < 1.29 is 47.3 Å². The molecule has 0 bridgehead atoms. The van der Waals surface area contributed by atoms with Crippen LogP contribution in [0.25, 0.3) is 22.3 Å². The second-order valence-electron chi connectivity index (χ2n) is 27.8. The van der Waals surface area contributed by atoms with Gasteiger partial charge in [0, 0.05) is 124 Å². The number of halogens is 6. The Morgan fingerprint density at radius 2 is 0.678 bits per heavy atom. The summed E-state index contributed by atoms with van der Waals surface area (Å²) in [7, 11) is 13.7. The largest absolute Gasteiger partial charge is 0 e. The Morgan fingerprint density at radius 3 is 0.983 bits per heavy atom. The van der Waals surface area contributed by atoms with E-state index in [4.69, 9.17) is 4.74 Å². The van der Waals surface area contributed by atoms with Gasteiger partial charge in [0.2, 0.25) is 0 Å². The molecule has 1 amide bonds. The fourth-order valence-corrected chi connectivity index (χ4v) is 12.2. The fourth-order valence-electron chi connectivity index (χ4n) is 11.6. The third kappa shape index (κ3) is 69.8. The minimum absolute atomic E-state index is 0. The van der Waals surface area contributed by atoms with Crippen molar-refractivity contribution in [3.05, 3.63) is 198 Å². The molecule has 0 aromatic heterocycles. The summed E-state index contributed by atoms with van der Waals surface area (Å²) in [5.74, 6) is 6.48. The molecule has 6 aromatic carbocycles. The molecule has 5 aliphatic rings. The van der Waals surface area contributed by atoms with E-state index in [-0.39, 0.29) is 70.3 Å². The summed E-state index contributed by atoms with van der Waals surface area (Å²) in [6.45, 7) is 57.4. The Labute approximate surface area is 834 Å². The van der Waals surface area contributed by atoms with E-state index >= 15 is 0 Å². The number of likely N-dealkylation sites (N-methyl/N-ethyl adjacent to an activating group) is 5. The molecule has 5 saturated heterocycles. The maximum absolute atomic E-state index is 12.9. The number of carbonyl (C=O) groups excluding carboxylic acids is 3. The number of benzene rings is 6. The maximum atomic E-state index is 12.9. The van der Waals surface area contributed by atoms with Crippen LogP contribution in [0, 0.1) is 14.9 Å². The van der Waals surface area contributed by atoms with Crippen molar-refractivity contribution in [1.82, 2.24) is 49.4 Å². The van der Waals surface area contributed by atoms with Gasteiger partial charge in [0.05, 0.1) is 25.3 Å². The van der Waals surface area contributed by atoms with Crippen LogP contribution in [0.15, 0.2) is 150 Å². The molecule has 24 heteroatoms. The summed E-state index contributed by atoms with van der Waals surface area (Å²) in [5.41, 5.74) is 10.7. The molecule has 5 heterocycles. The third-order valence-corrected chi connectivity index (χ3v) is 19.7. The van der Waals surface area contributed by atoms with E-state index in [1.54, 1.807) is 12.1 Å². The molecule has 1 radical (unpaired) electrons. The van der Waals surface area contributed by atoms with Crippen LogP contribution in [-0.4, -0.2) is 256 Å². The summed E-state index contributed by atoms with van der Waals surface area (Å²) < 4.78 is 13.6. The number of amides is 1. The van der Waals surface area contributed by atoms with Crippen molar-refractivity contribution in [2.24, 2.45) is 0 Å². The topological polar surface area (TPSA) is 111 Å². The first-order valence-corrected chi connectivity index (χ1v) is 63.6. The number of rotatable bonds is 12. The van der Waals surface area contributed by atoms with Gasteiger partial charge in [0.25, 0.3) is 20.1 Å². The van der Waals surface area contributed by atoms with Crippen LogP contribution in [0.4, 0.5) is 0 Å². The van der Waals surface area contributed by atoms with Crippen molar-refractivity contribution in [3.63, 3.8) is 0 Å². The maximum Gasteiger partial charge on any atom is 0 e. The molecule has 121 heavy (non-hydrogen) atoms. The SMILES string of the molecule is C.C.CC.CC.CC.CC.CC.CC.CC[CH-]I.CN1CCCN(Cc2ccc(-c3ccc(C(=O)N4CCCN(C)CC4)cc3)cc2)CC1.CN1CCCN(Cc2ccc(Br)cc2)CC1.CN1CCCNCC1.COC(=O)c1ccc(-c2ccc(CN3CCCN(C)CC3)cc2)cc1.COC(=O)c1ccc(I)cc1.[CH2-]CC.[CH3][Al]([CH3])[CH3].[I][V]([I])[I].[V]. The molecule has 11 rings (SSSR count). The smallest absolute Gasteiger partial charge is 0 e. The van der Waals surface area contributed by atoms with Crippen molar-refractivity contribution in [2.45, 2.75) is 194 Å². The predicted molar refractivity (Wildman–Crippen MR) is 576 cm³/mol. The molecular weight excluding hydrogens is 2230 g/mol. The Bertz CT molecular complexity index is 3240. The molecule has 5 fully saturated rings. The molecule has 0 aliphatic carbocycles. The van der Waals surface area contributed by atoms with Gasteiger partial charge in [-0.15, -0.1) is 17.4 Å². The Kier molecular flexibility index (Phi) is 100. The number of hydrogen-bond donors (Lipinski definition) is 1. The zero-order valence-electron chi connectivity index (χ0n) is 78.2. The molecular formula is C97H168AlBrI5N10O5V2-2. The van der Waals surface area contributed by atoms with Crippen LogP contribution >= 0.6 is 121 Å². The van der Waals surface area contributed by atoms with E-state index in [0.717, 1.165) is 122 Å². The number of esters is 2. The minimum Gasteiger partial charge on any atom is 0 e. The average Bonchev–Trinajstić information content (AvgIpc) is 1.38. The first kappa shape index (κ1) is 133. The van der Waals surface area contributed by atoms with Crippen molar-refractivity contribution in [3.8, 4) is 22.3 Å². The zero-order valence-corrected chi connectivity index (χ0v) is 94.5. The van der Waals surface area contributed by atoms with Crippen LogP contribution in [-0.2, 0) is 52.6 Å². The van der Waals surface area contributed by atoms with E-state index < -0.39 is 0 Å². The van der Waals surface area contributed by atoms with Gasteiger partial charge < -0.3 is 73.7 Å².